The number of hydrogen-bond donors (Lipinski definition) is 2. The lowest BCUT2D eigenvalue weighted by Crippen LogP contribution is -2.32. The van der Waals surface area contributed by atoms with E-state index in [2.05, 4.69) is 10.9 Å². The zero-order chi connectivity index (χ0) is 19.4. The lowest BCUT2D eigenvalue weighted by molar-refractivity contribution is 0.428. The van der Waals surface area contributed by atoms with Crippen molar-refractivity contribution in [2.24, 2.45) is 0 Å². The number of sulfonamides is 1. The van der Waals surface area contributed by atoms with Gasteiger partial charge in [-0.15, -0.1) is 0 Å². The first-order valence-corrected chi connectivity index (χ1v) is 10.7. The van der Waals surface area contributed by atoms with E-state index in [0.29, 0.717) is 18.0 Å². The largest absolute Gasteiger partial charge is 0.254 e. The average molecular weight is 412 g/mol. The van der Waals surface area contributed by atoms with Crippen molar-refractivity contribution in [1.82, 2.24) is 15.2 Å². The van der Waals surface area contributed by atoms with Crippen molar-refractivity contribution in [2.75, 3.05) is 13.6 Å². The van der Waals surface area contributed by atoms with Crippen LogP contribution in [-0.4, -0.2) is 32.4 Å². The fraction of sp³-hybridized carbons (Fsp3) is 0.368. The van der Waals surface area contributed by atoms with E-state index in [1.165, 1.54) is 22.5 Å². The molecule has 1 aliphatic heterocycles. The van der Waals surface area contributed by atoms with Crippen LogP contribution >= 0.6 is 11.6 Å². The minimum absolute atomic E-state index is 0.0543. The molecule has 0 spiro atoms. The highest BCUT2D eigenvalue weighted by molar-refractivity contribution is 7.89. The van der Waals surface area contributed by atoms with E-state index in [1.54, 1.807) is 31.3 Å². The van der Waals surface area contributed by atoms with E-state index >= 15 is 0 Å². The first-order chi connectivity index (χ1) is 12.9. The lowest BCUT2D eigenvalue weighted by Gasteiger charge is -2.18. The maximum absolute atomic E-state index is 13.4. The zero-order valence-electron chi connectivity index (χ0n) is 15.0. The average Bonchev–Trinajstić information content (AvgIpc) is 3.10. The molecular weight excluding hydrogens is 389 g/mol. The van der Waals surface area contributed by atoms with Crippen LogP contribution in [0.3, 0.4) is 0 Å². The Bertz CT molecular complexity index is 894. The molecule has 1 saturated heterocycles. The Morgan fingerprint density at radius 2 is 1.96 bits per heavy atom. The summed E-state index contributed by atoms with van der Waals surface area (Å²) in [6, 6.07) is 13.1. The first kappa shape index (κ1) is 20.2. The second kappa shape index (κ2) is 8.67. The van der Waals surface area contributed by atoms with E-state index in [4.69, 9.17) is 11.6 Å². The van der Waals surface area contributed by atoms with Crippen LogP contribution in [0.25, 0.3) is 0 Å². The summed E-state index contributed by atoms with van der Waals surface area (Å²) >= 11 is 5.90. The van der Waals surface area contributed by atoms with Crippen molar-refractivity contribution in [3.63, 3.8) is 0 Å². The van der Waals surface area contributed by atoms with Gasteiger partial charge in [0.25, 0.3) is 0 Å². The van der Waals surface area contributed by atoms with Crippen LogP contribution in [-0.2, 0) is 10.0 Å². The topological polar surface area (TPSA) is 61.4 Å². The van der Waals surface area contributed by atoms with Gasteiger partial charge in [0.05, 0.1) is 4.90 Å². The summed E-state index contributed by atoms with van der Waals surface area (Å²) < 4.78 is 39.9. The molecule has 0 aliphatic carbocycles. The van der Waals surface area contributed by atoms with Gasteiger partial charge in [0.1, 0.15) is 5.82 Å². The third kappa shape index (κ3) is 5.06. The minimum atomic E-state index is -3.54. The maximum Gasteiger partial charge on any atom is 0.242 e. The van der Waals surface area contributed by atoms with Gasteiger partial charge in [-0.1, -0.05) is 29.8 Å². The Morgan fingerprint density at radius 1 is 1.19 bits per heavy atom. The minimum Gasteiger partial charge on any atom is -0.254 e. The number of hydrogen-bond acceptors (Lipinski definition) is 4. The SMILES string of the molecule is CN(CCCC1CC(c2cccc(F)c2)NN1)S(=O)(=O)c1cccc(Cl)c1. The molecule has 0 saturated carbocycles. The van der Waals surface area contributed by atoms with Crippen LogP contribution in [0.4, 0.5) is 4.39 Å². The molecule has 146 valence electrons. The Balaban J connectivity index is 1.50. The van der Waals surface area contributed by atoms with Gasteiger partial charge in [0.15, 0.2) is 0 Å². The summed E-state index contributed by atoms with van der Waals surface area (Å²) in [5, 5.41) is 0.397. The van der Waals surface area contributed by atoms with E-state index in [-0.39, 0.29) is 22.8 Å². The Labute approximate surface area is 164 Å². The van der Waals surface area contributed by atoms with Gasteiger partial charge in [0.2, 0.25) is 10.0 Å². The number of nitrogens with zero attached hydrogens (tertiary/aromatic N) is 1. The Kier molecular flexibility index (Phi) is 6.49. The van der Waals surface area contributed by atoms with E-state index in [0.717, 1.165) is 18.4 Å². The molecule has 2 aromatic rings. The van der Waals surface area contributed by atoms with E-state index in [9.17, 15) is 12.8 Å². The van der Waals surface area contributed by atoms with Crippen molar-refractivity contribution in [3.8, 4) is 0 Å². The second-order valence-electron chi connectivity index (χ2n) is 6.76. The number of halogens is 2. The summed E-state index contributed by atoms with van der Waals surface area (Å²) in [7, 11) is -1.97. The predicted molar refractivity (Wildman–Crippen MR) is 104 cm³/mol. The van der Waals surface area contributed by atoms with Gasteiger partial charge >= 0.3 is 0 Å². The van der Waals surface area contributed by atoms with Crippen LogP contribution < -0.4 is 10.9 Å². The molecule has 1 fully saturated rings. The zero-order valence-corrected chi connectivity index (χ0v) is 16.6. The van der Waals surface area contributed by atoms with E-state index in [1.807, 2.05) is 6.07 Å². The highest BCUT2D eigenvalue weighted by atomic mass is 35.5. The van der Waals surface area contributed by atoms with Crippen LogP contribution in [0.2, 0.25) is 5.02 Å². The fourth-order valence-electron chi connectivity index (χ4n) is 3.24. The van der Waals surface area contributed by atoms with Gasteiger partial charge in [-0.25, -0.2) is 17.1 Å². The van der Waals surface area contributed by atoms with Gasteiger partial charge in [-0.3, -0.25) is 10.9 Å². The number of benzene rings is 2. The highest BCUT2D eigenvalue weighted by Gasteiger charge is 2.26. The van der Waals surface area contributed by atoms with Crippen molar-refractivity contribution in [1.29, 1.82) is 0 Å². The standard InChI is InChI=1S/C19H23ClFN3O2S/c1-24(27(25,26)18-9-3-6-15(20)12-18)10-4-8-17-13-19(23-22-17)14-5-2-7-16(21)11-14/h2-3,5-7,9,11-12,17,19,22-23H,4,8,10,13H2,1H3. The molecule has 2 atom stereocenters. The quantitative estimate of drug-likeness (QED) is 0.732. The van der Waals surface area contributed by atoms with E-state index < -0.39 is 10.0 Å². The lowest BCUT2D eigenvalue weighted by atomic mass is 10.00. The van der Waals surface area contributed by atoms with Crippen molar-refractivity contribution >= 4 is 21.6 Å². The highest BCUT2D eigenvalue weighted by Crippen LogP contribution is 2.25. The molecule has 2 unspecified atom stereocenters. The fourth-order valence-corrected chi connectivity index (χ4v) is 4.75. The third-order valence-corrected chi connectivity index (χ3v) is 6.85. The molecular formula is C19H23ClFN3O2S. The van der Waals surface area contributed by atoms with Crippen LogP contribution in [0.5, 0.6) is 0 Å². The molecule has 0 amide bonds. The summed E-state index contributed by atoms with van der Waals surface area (Å²) in [4.78, 5) is 0.198. The van der Waals surface area contributed by atoms with Crippen LogP contribution in [0.1, 0.15) is 30.9 Å². The second-order valence-corrected chi connectivity index (χ2v) is 9.24. The molecule has 8 heteroatoms. The molecule has 2 aromatic carbocycles. The Morgan fingerprint density at radius 3 is 2.70 bits per heavy atom. The third-order valence-electron chi connectivity index (χ3n) is 4.76. The molecule has 3 rings (SSSR count). The van der Waals surface area contributed by atoms with Gasteiger partial charge in [-0.2, -0.15) is 0 Å². The number of nitrogens with one attached hydrogen (secondary N) is 2. The van der Waals surface area contributed by atoms with Gasteiger partial charge in [-0.05, 0) is 55.2 Å². The van der Waals surface area contributed by atoms with Crippen molar-refractivity contribution < 1.29 is 12.8 Å². The normalized spacial score (nSPS) is 20.3. The molecule has 27 heavy (non-hydrogen) atoms. The summed E-state index contributed by atoms with van der Waals surface area (Å²) in [6.07, 6.45) is 2.36. The van der Waals surface area contributed by atoms with Gasteiger partial charge < -0.3 is 0 Å². The molecule has 5 nitrogen and oxygen atoms in total. The maximum atomic E-state index is 13.4. The van der Waals surface area contributed by atoms with Crippen LogP contribution in [0.15, 0.2) is 53.4 Å². The smallest absolute Gasteiger partial charge is 0.242 e. The number of hydrazine groups is 1. The van der Waals surface area contributed by atoms with Crippen molar-refractivity contribution in [3.05, 3.63) is 64.9 Å². The van der Waals surface area contributed by atoms with Crippen molar-refractivity contribution in [2.45, 2.75) is 36.2 Å². The molecule has 1 aliphatic rings. The summed E-state index contributed by atoms with van der Waals surface area (Å²) in [5.41, 5.74) is 7.31. The molecule has 2 N–H and O–H groups in total. The number of rotatable bonds is 7. The molecule has 1 heterocycles. The molecule has 0 radical (unpaired) electrons. The predicted octanol–water partition coefficient (Wildman–Crippen LogP) is 3.49. The Hall–Kier alpha value is -1.51. The molecule has 0 aromatic heterocycles. The van der Waals surface area contributed by atoms with Crippen LogP contribution in [0, 0.1) is 5.82 Å². The molecule has 0 bridgehead atoms. The summed E-state index contributed by atoms with van der Waals surface area (Å²) in [6.45, 7) is 0.414. The summed E-state index contributed by atoms with van der Waals surface area (Å²) in [5.74, 6) is -0.245. The van der Waals surface area contributed by atoms with Gasteiger partial charge in [0, 0.05) is 30.7 Å². The monoisotopic (exact) mass is 411 g/mol. The first-order valence-electron chi connectivity index (χ1n) is 8.84.